The van der Waals surface area contributed by atoms with E-state index in [1.54, 1.807) is 9.80 Å². The molecule has 3 aliphatic rings. The number of hydrogen-bond donors (Lipinski definition) is 3. The number of fused-ring (bicyclic) bond motifs is 2. The molecule has 3 saturated heterocycles. The number of alkyl halides is 1. The molecule has 0 spiro atoms. The lowest BCUT2D eigenvalue weighted by Crippen LogP contribution is -2.59. The second-order valence-corrected chi connectivity index (χ2v) is 14.0. The molecule has 6 atom stereocenters. The van der Waals surface area contributed by atoms with E-state index < -0.39 is 31.5 Å². The topological polar surface area (TPSA) is 151 Å². The van der Waals surface area contributed by atoms with E-state index in [4.69, 9.17) is 0 Å². The number of amides is 3. The predicted molar refractivity (Wildman–Crippen MR) is 151 cm³/mol. The second kappa shape index (κ2) is 11.8. The summed E-state index contributed by atoms with van der Waals surface area (Å²) in [5.41, 5.74) is -0.175. The molecule has 1 aromatic heterocycles. The summed E-state index contributed by atoms with van der Waals surface area (Å²) in [6.45, 7) is 2.91. The number of hydrogen-bond acceptors (Lipinski definition) is 6. The summed E-state index contributed by atoms with van der Waals surface area (Å²) in [5.74, 6) is -3.40. The molecule has 5 rings (SSSR count). The normalized spacial score (nSPS) is 27.7. The molecule has 0 bridgehead atoms. The number of carbonyl (C=O) groups excluding carboxylic acids is 3. The van der Waals surface area contributed by atoms with E-state index in [2.05, 4.69) is 11.4 Å². The van der Waals surface area contributed by atoms with E-state index >= 15 is 0 Å². The zero-order valence-electron chi connectivity index (χ0n) is 22.7. The van der Waals surface area contributed by atoms with Crippen LogP contribution in [0.5, 0.6) is 0 Å². The van der Waals surface area contributed by atoms with Gasteiger partial charge in [-0.05, 0) is 73.6 Å². The van der Waals surface area contributed by atoms with E-state index in [1.807, 2.05) is 6.92 Å². The van der Waals surface area contributed by atoms with Gasteiger partial charge in [0.05, 0.1) is 16.9 Å². The van der Waals surface area contributed by atoms with Crippen LogP contribution in [0.3, 0.4) is 0 Å². The van der Waals surface area contributed by atoms with Crippen LogP contribution >= 0.6 is 18.9 Å². The van der Waals surface area contributed by atoms with Gasteiger partial charge in [0.2, 0.25) is 17.7 Å². The zero-order valence-corrected chi connectivity index (χ0v) is 24.5. The second-order valence-electron chi connectivity index (χ2n) is 11.3. The lowest BCUT2D eigenvalue weighted by Gasteiger charge is -2.42. The molecule has 0 saturated carbocycles. The molecule has 3 fully saturated rings. The van der Waals surface area contributed by atoms with E-state index in [-0.39, 0.29) is 40.1 Å². The third-order valence-corrected chi connectivity index (χ3v) is 10.7. The van der Waals surface area contributed by atoms with Gasteiger partial charge in [-0.3, -0.25) is 18.9 Å². The number of likely N-dealkylation sites (tertiary alicyclic amines) is 1. The molecule has 4 heterocycles. The molecule has 2 aromatic rings. The van der Waals surface area contributed by atoms with Gasteiger partial charge in [-0.25, -0.2) is 4.39 Å². The Labute approximate surface area is 241 Å². The van der Waals surface area contributed by atoms with E-state index in [1.165, 1.54) is 24.3 Å². The summed E-state index contributed by atoms with van der Waals surface area (Å²) < 4.78 is 26.2. The first-order chi connectivity index (χ1) is 19.5. The minimum atomic E-state index is -4.97. The van der Waals surface area contributed by atoms with Crippen LogP contribution in [0, 0.1) is 23.2 Å². The molecule has 10 nitrogen and oxygen atoms in total. The molecule has 3 amide bonds. The fraction of sp³-hybridized carbons (Fsp3) is 0.571. The molecule has 220 valence electrons. The van der Waals surface area contributed by atoms with Gasteiger partial charge < -0.3 is 24.9 Å². The molecule has 0 radical (unpaired) electrons. The minimum Gasteiger partial charge on any atom is -0.340 e. The maximum Gasteiger partial charge on any atom is 0.363 e. The Hall–Kier alpha value is -2.84. The largest absolute Gasteiger partial charge is 0.363 e. The van der Waals surface area contributed by atoms with Gasteiger partial charge in [0.1, 0.15) is 12.1 Å². The van der Waals surface area contributed by atoms with Crippen molar-refractivity contribution in [3.05, 3.63) is 34.7 Å². The van der Waals surface area contributed by atoms with Crippen LogP contribution in [0.4, 0.5) is 4.39 Å². The molecule has 13 heteroatoms. The van der Waals surface area contributed by atoms with Crippen LogP contribution in [-0.4, -0.2) is 68.5 Å². The standard InChI is InChI=1S/C28H34FN4O6PS/c1-2-16-14-32(15-19(16)13-30)28(36)22-8-4-6-20-5-3-7-21(27(35)33(20)22)31-26(34)24-12-18-11-17(9-10-23(18)41-24)25(29)40(37,38)39/h9-12,16,19-22,25H,2-8,14-15H2,1H3,(H,31,34)(H2,37,38,39)/t16?,19?,20-,21-,22-,25?/m0/s1. The summed E-state index contributed by atoms with van der Waals surface area (Å²) >= 11 is 1.14. The summed E-state index contributed by atoms with van der Waals surface area (Å²) in [5, 5.41) is 12.9. The molecular weight excluding hydrogens is 570 g/mol. The minimum absolute atomic E-state index is 0.0751. The van der Waals surface area contributed by atoms with Gasteiger partial charge in [0.25, 0.3) is 5.91 Å². The Kier molecular flexibility index (Phi) is 8.53. The van der Waals surface area contributed by atoms with Crippen molar-refractivity contribution in [3.63, 3.8) is 0 Å². The summed E-state index contributed by atoms with van der Waals surface area (Å²) in [6.07, 6.45) is 4.90. The molecule has 1 aromatic carbocycles. The van der Waals surface area contributed by atoms with Gasteiger partial charge in [0, 0.05) is 23.8 Å². The van der Waals surface area contributed by atoms with Gasteiger partial charge in [0.15, 0.2) is 0 Å². The van der Waals surface area contributed by atoms with Crippen molar-refractivity contribution in [2.45, 2.75) is 75.9 Å². The van der Waals surface area contributed by atoms with E-state index in [0.717, 1.165) is 37.0 Å². The van der Waals surface area contributed by atoms with Gasteiger partial charge in [-0.15, -0.1) is 11.3 Å². The predicted octanol–water partition coefficient (Wildman–Crippen LogP) is 4.09. The fourth-order valence-electron chi connectivity index (χ4n) is 6.50. The summed E-state index contributed by atoms with van der Waals surface area (Å²) in [7, 11) is -4.97. The number of nitrogens with zero attached hydrogens (tertiary/aromatic N) is 3. The zero-order chi connectivity index (χ0) is 29.5. The Morgan fingerprint density at radius 1 is 1.20 bits per heavy atom. The van der Waals surface area contributed by atoms with Gasteiger partial charge in [-0.2, -0.15) is 5.26 Å². The van der Waals surface area contributed by atoms with E-state index in [9.17, 15) is 38.4 Å². The molecule has 3 N–H and O–H groups in total. The summed E-state index contributed by atoms with van der Waals surface area (Å²) in [6, 6.07) is 6.46. The number of thiophene rings is 1. The monoisotopic (exact) mass is 604 g/mol. The summed E-state index contributed by atoms with van der Waals surface area (Å²) in [4.78, 5) is 62.9. The third kappa shape index (κ3) is 5.91. The highest BCUT2D eigenvalue weighted by Crippen LogP contribution is 2.53. The first kappa shape index (κ1) is 29.6. The fourth-order valence-corrected chi connectivity index (χ4v) is 8.00. The first-order valence-electron chi connectivity index (χ1n) is 14.1. The van der Waals surface area contributed by atoms with Gasteiger partial charge >= 0.3 is 7.60 Å². The van der Waals surface area contributed by atoms with Crippen LogP contribution in [0.1, 0.15) is 73.0 Å². The number of halogens is 1. The Balaban J connectivity index is 1.33. The van der Waals surface area contributed by atoms with Crippen molar-refractivity contribution < 1.29 is 33.1 Å². The molecule has 0 aliphatic carbocycles. The highest BCUT2D eigenvalue weighted by Gasteiger charge is 2.46. The molecule has 41 heavy (non-hydrogen) atoms. The number of benzene rings is 1. The molecule has 3 aliphatic heterocycles. The number of nitriles is 1. The quantitative estimate of drug-likeness (QED) is 0.420. The van der Waals surface area contributed by atoms with Gasteiger partial charge in [-0.1, -0.05) is 19.4 Å². The maximum absolute atomic E-state index is 14.2. The van der Waals surface area contributed by atoms with Crippen molar-refractivity contribution in [2.75, 3.05) is 13.1 Å². The van der Waals surface area contributed by atoms with Crippen molar-refractivity contribution in [3.8, 4) is 6.07 Å². The van der Waals surface area contributed by atoms with Crippen molar-refractivity contribution in [2.24, 2.45) is 11.8 Å². The average Bonchev–Trinajstić information content (AvgIpc) is 3.54. The van der Waals surface area contributed by atoms with Crippen LogP contribution < -0.4 is 5.32 Å². The van der Waals surface area contributed by atoms with Crippen LogP contribution in [0.2, 0.25) is 0 Å². The SMILES string of the molecule is CCC1CN(C(=O)[C@@H]2CCC[C@@H]3CCC[C@H](NC(=O)c4cc5cc(C(F)P(=O)(O)O)ccc5s4)C(=O)N32)CC1C#N. The molecule has 3 unspecified atom stereocenters. The third-order valence-electron chi connectivity index (χ3n) is 8.69. The smallest absolute Gasteiger partial charge is 0.340 e. The number of carbonyl (C=O) groups is 3. The average molecular weight is 605 g/mol. The maximum atomic E-state index is 14.2. The van der Waals surface area contributed by atoms with Crippen LogP contribution in [0.15, 0.2) is 24.3 Å². The number of rotatable bonds is 6. The van der Waals surface area contributed by atoms with Crippen LogP contribution in [-0.2, 0) is 14.2 Å². The highest BCUT2D eigenvalue weighted by molar-refractivity contribution is 7.51. The highest BCUT2D eigenvalue weighted by atomic mass is 32.1. The van der Waals surface area contributed by atoms with Crippen LogP contribution in [0.25, 0.3) is 10.1 Å². The molecular formula is C28H34FN4O6PS. The van der Waals surface area contributed by atoms with Crippen molar-refractivity contribution in [1.82, 2.24) is 15.1 Å². The lowest BCUT2D eigenvalue weighted by molar-refractivity contribution is -0.151. The number of nitrogens with one attached hydrogen (secondary N) is 1. The van der Waals surface area contributed by atoms with Crippen molar-refractivity contribution >= 4 is 46.7 Å². The first-order valence-corrected chi connectivity index (χ1v) is 16.6. The van der Waals surface area contributed by atoms with E-state index in [0.29, 0.717) is 42.4 Å². The van der Waals surface area contributed by atoms with Crippen molar-refractivity contribution in [1.29, 1.82) is 5.26 Å². The number of piperidine rings is 1. The Morgan fingerprint density at radius 3 is 2.59 bits per heavy atom. The Bertz CT molecular complexity index is 1440. The lowest BCUT2D eigenvalue weighted by atomic mass is 9.92. The Morgan fingerprint density at radius 2 is 1.93 bits per heavy atom.